The van der Waals surface area contributed by atoms with Crippen molar-refractivity contribution in [2.75, 3.05) is 12.1 Å². The lowest BCUT2D eigenvalue weighted by Gasteiger charge is -2.19. The smallest absolute Gasteiger partial charge is 0.253 e. The van der Waals surface area contributed by atoms with E-state index in [4.69, 9.17) is 21.4 Å². The van der Waals surface area contributed by atoms with Crippen LogP contribution in [-0.2, 0) is 6.54 Å². The Kier molecular flexibility index (Phi) is 5.19. The standard InChI is InChI=1S/C23H21ClN6OS/c1-13-14(2)32-22-19(13)20(16-7-9-18(24)10-8-16)28-29(23-27-26-15(3)30(22)23)12-17-6-5-11-25-21(17)31-4/h5-11H,12H2,1-4H3. The van der Waals surface area contributed by atoms with E-state index in [0.717, 1.165) is 33.2 Å². The van der Waals surface area contributed by atoms with E-state index in [1.807, 2.05) is 48.3 Å². The first-order valence-electron chi connectivity index (χ1n) is 10.1. The molecule has 0 aliphatic carbocycles. The third kappa shape index (κ3) is 3.36. The van der Waals surface area contributed by atoms with Gasteiger partial charge in [-0.1, -0.05) is 29.8 Å². The van der Waals surface area contributed by atoms with Gasteiger partial charge in [-0.25, -0.2) is 9.99 Å². The van der Waals surface area contributed by atoms with Gasteiger partial charge in [0, 0.05) is 32.8 Å². The summed E-state index contributed by atoms with van der Waals surface area (Å²) in [6, 6.07) is 11.6. The molecular formula is C23H21ClN6OS. The first-order chi connectivity index (χ1) is 15.5. The second kappa shape index (κ2) is 8.03. The molecule has 4 aromatic rings. The van der Waals surface area contributed by atoms with Crippen LogP contribution in [0.1, 0.15) is 33.0 Å². The fourth-order valence-electron chi connectivity index (χ4n) is 3.82. The van der Waals surface area contributed by atoms with Gasteiger partial charge < -0.3 is 4.74 Å². The summed E-state index contributed by atoms with van der Waals surface area (Å²) in [4.78, 5) is 5.57. The van der Waals surface area contributed by atoms with E-state index in [0.29, 0.717) is 23.4 Å². The van der Waals surface area contributed by atoms with Crippen molar-refractivity contribution in [3.05, 3.63) is 80.6 Å². The first kappa shape index (κ1) is 20.7. The fourth-order valence-corrected chi connectivity index (χ4v) is 5.15. The molecule has 0 saturated heterocycles. The van der Waals surface area contributed by atoms with Crippen LogP contribution in [0.25, 0.3) is 5.00 Å². The van der Waals surface area contributed by atoms with Crippen LogP contribution in [-0.4, -0.2) is 32.6 Å². The minimum atomic E-state index is 0.430. The monoisotopic (exact) mass is 464 g/mol. The Bertz CT molecular complexity index is 1340. The van der Waals surface area contributed by atoms with Crippen LogP contribution in [0.15, 0.2) is 47.7 Å². The van der Waals surface area contributed by atoms with Crippen LogP contribution in [0.5, 0.6) is 5.88 Å². The number of hydrogen-bond donors (Lipinski definition) is 0. The summed E-state index contributed by atoms with van der Waals surface area (Å²) in [5.74, 6) is 2.02. The number of hydrogen-bond acceptors (Lipinski definition) is 7. The van der Waals surface area contributed by atoms with Gasteiger partial charge in [0.05, 0.1) is 13.7 Å². The number of ether oxygens (including phenoxy) is 1. The minimum Gasteiger partial charge on any atom is -0.481 e. The number of methoxy groups -OCH3 is 1. The molecule has 0 fully saturated rings. The lowest BCUT2D eigenvalue weighted by molar-refractivity contribution is 0.392. The number of nitrogens with zero attached hydrogens (tertiary/aromatic N) is 6. The van der Waals surface area contributed by atoms with E-state index in [1.54, 1.807) is 24.6 Å². The average molecular weight is 465 g/mol. The molecule has 0 bridgehead atoms. The van der Waals surface area contributed by atoms with E-state index < -0.39 is 0 Å². The number of fused-ring (bicyclic) bond motifs is 3. The summed E-state index contributed by atoms with van der Waals surface area (Å²) in [6.07, 6.45) is 1.71. The van der Waals surface area contributed by atoms with Crippen LogP contribution in [0.3, 0.4) is 0 Å². The zero-order chi connectivity index (χ0) is 22.4. The highest BCUT2D eigenvalue weighted by Gasteiger charge is 2.30. The topological polar surface area (TPSA) is 68.4 Å². The van der Waals surface area contributed by atoms with Crippen molar-refractivity contribution < 1.29 is 4.74 Å². The van der Waals surface area contributed by atoms with Crippen molar-refractivity contribution in [2.45, 2.75) is 27.3 Å². The Morgan fingerprint density at radius 3 is 2.59 bits per heavy atom. The molecule has 1 aliphatic rings. The highest BCUT2D eigenvalue weighted by Crippen LogP contribution is 2.39. The number of benzene rings is 1. The van der Waals surface area contributed by atoms with E-state index >= 15 is 0 Å². The van der Waals surface area contributed by atoms with E-state index in [2.05, 4.69) is 33.6 Å². The predicted octanol–water partition coefficient (Wildman–Crippen LogP) is 5.08. The number of rotatable bonds is 4. The maximum Gasteiger partial charge on any atom is 0.253 e. The molecule has 7 nitrogen and oxygen atoms in total. The Labute approximate surface area is 195 Å². The van der Waals surface area contributed by atoms with Gasteiger partial charge in [0.25, 0.3) is 5.95 Å². The molecule has 9 heteroatoms. The number of anilines is 1. The van der Waals surface area contributed by atoms with Crippen LogP contribution in [0.4, 0.5) is 5.95 Å². The summed E-state index contributed by atoms with van der Waals surface area (Å²) in [6.45, 7) is 6.65. The minimum absolute atomic E-state index is 0.430. The Morgan fingerprint density at radius 2 is 1.84 bits per heavy atom. The van der Waals surface area contributed by atoms with Crippen LogP contribution in [0.2, 0.25) is 5.02 Å². The molecule has 5 rings (SSSR count). The number of hydrazone groups is 1. The molecule has 1 aromatic carbocycles. The maximum absolute atomic E-state index is 6.17. The molecule has 0 unspecified atom stereocenters. The molecule has 162 valence electrons. The molecule has 0 N–H and O–H groups in total. The summed E-state index contributed by atoms with van der Waals surface area (Å²) < 4.78 is 7.55. The normalized spacial score (nSPS) is 12.8. The largest absolute Gasteiger partial charge is 0.481 e. The second-order valence-electron chi connectivity index (χ2n) is 7.53. The second-order valence-corrected chi connectivity index (χ2v) is 9.17. The van der Waals surface area contributed by atoms with Crippen molar-refractivity contribution in [1.82, 2.24) is 19.7 Å². The zero-order valence-corrected chi connectivity index (χ0v) is 19.7. The molecule has 3 aromatic heterocycles. The Hall–Kier alpha value is -3.23. The van der Waals surface area contributed by atoms with E-state index in [1.165, 1.54) is 10.4 Å². The lowest BCUT2D eigenvalue weighted by atomic mass is 10.00. The van der Waals surface area contributed by atoms with Crippen molar-refractivity contribution >= 4 is 34.6 Å². The number of aromatic nitrogens is 4. The molecule has 0 radical (unpaired) electrons. The maximum atomic E-state index is 6.17. The predicted molar refractivity (Wildman–Crippen MR) is 128 cm³/mol. The van der Waals surface area contributed by atoms with Gasteiger partial charge in [0.1, 0.15) is 16.5 Å². The molecular weight excluding hydrogens is 444 g/mol. The molecule has 32 heavy (non-hydrogen) atoms. The van der Waals surface area contributed by atoms with Crippen LogP contribution < -0.4 is 9.75 Å². The highest BCUT2D eigenvalue weighted by atomic mass is 35.5. The Morgan fingerprint density at radius 1 is 1.06 bits per heavy atom. The van der Waals surface area contributed by atoms with E-state index in [-0.39, 0.29) is 0 Å². The highest BCUT2D eigenvalue weighted by molar-refractivity contribution is 7.15. The van der Waals surface area contributed by atoms with Gasteiger partial charge in [-0.05, 0) is 44.5 Å². The lowest BCUT2D eigenvalue weighted by Crippen LogP contribution is -2.21. The molecule has 0 saturated carbocycles. The van der Waals surface area contributed by atoms with Crippen LogP contribution in [0, 0.1) is 20.8 Å². The van der Waals surface area contributed by atoms with Crippen molar-refractivity contribution in [2.24, 2.45) is 5.10 Å². The number of pyridine rings is 1. The molecule has 0 amide bonds. The summed E-state index contributed by atoms with van der Waals surface area (Å²) in [5, 5.41) is 17.6. The van der Waals surface area contributed by atoms with Gasteiger partial charge in [0.15, 0.2) is 0 Å². The van der Waals surface area contributed by atoms with Gasteiger partial charge in [-0.2, -0.15) is 5.10 Å². The SMILES string of the molecule is COc1ncccc1CN1N=C(c2ccc(Cl)cc2)c2c(sc(C)c2C)-n2c(C)nnc21. The first-order valence-corrected chi connectivity index (χ1v) is 11.3. The van der Waals surface area contributed by atoms with Gasteiger partial charge >= 0.3 is 0 Å². The number of halogens is 1. The quantitative estimate of drug-likeness (QED) is 0.421. The molecule has 1 aliphatic heterocycles. The third-order valence-corrected chi connectivity index (χ3v) is 6.99. The fraction of sp³-hybridized carbons (Fsp3) is 0.217. The van der Waals surface area contributed by atoms with Gasteiger partial charge in [-0.15, -0.1) is 21.5 Å². The van der Waals surface area contributed by atoms with Crippen molar-refractivity contribution in [3.8, 4) is 10.9 Å². The Balaban J connectivity index is 1.76. The summed E-state index contributed by atoms with van der Waals surface area (Å²) in [7, 11) is 1.62. The van der Waals surface area contributed by atoms with Gasteiger partial charge in [0.2, 0.25) is 5.88 Å². The molecule has 0 atom stereocenters. The summed E-state index contributed by atoms with van der Waals surface area (Å²) >= 11 is 7.89. The van der Waals surface area contributed by atoms with E-state index in [9.17, 15) is 0 Å². The van der Waals surface area contributed by atoms with Crippen LogP contribution >= 0.6 is 22.9 Å². The summed E-state index contributed by atoms with van der Waals surface area (Å²) in [5.41, 5.74) is 5.03. The number of aryl methyl sites for hydroxylation is 2. The zero-order valence-electron chi connectivity index (χ0n) is 18.1. The van der Waals surface area contributed by atoms with Gasteiger partial charge in [-0.3, -0.25) is 4.57 Å². The average Bonchev–Trinajstić information content (AvgIpc) is 3.27. The van der Waals surface area contributed by atoms with Crippen molar-refractivity contribution in [3.63, 3.8) is 0 Å². The van der Waals surface area contributed by atoms with Crippen molar-refractivity contribution in [1.29, 1.82) is 0 Å². The molecule has 0 spiro atoms. The third-order valence-electron chi connectivity index (χ3n) is 5.55. The number of thiophene rings is 1. The molecule has 4 heterocycles.